The van der Waals surface area contributed by atoms with E-state index in [1.165, 1.54) is 5.56 Å². The van der Waals surface area contributed by atoms with Crippen LogP contribution in [-0.4, -0.2) is 7.05 Å². The number of benzene rings is 2. The fourth-order valence-electron chi connectivity index (χ4n) is 1.92. The predicted molar refractivity (Wildman–Crippen MR) is 79.1 cm³/mol. The minimum Gasteiger partial charge on any atom is -0.399 e. The van der Waals surface area contributed by atoms with Crippen LogP contribution in [-0.2, 0) is 0 Å². The third-order valence-electron chi connectivity index (χ3n) is 3.21. The standard InChI is InChI=1S/C15H17ClN2/c1-11(12-4-3-5-13(16)10-12)18(2)15-8-6-14(17)7-9-15/h3-11H,17H2,1-2H3. The Kier molecular flexibility index (Phi) is 3.78. The summed E-state index contributed by atoms with van der Waals surface area (Å²) in [6.45, 7) is 2.15. The average molecular weight is 261 g/mol. The molecule has 0 aliphatic carbocycles. The lowest BCUT2D eigenvalue weighted by molar-refractivity contribution is 0.740. The normalized spacial score (nSPS) is 12.2. The Morgan fingerprint density at radius 3 is 2.39 bits per heavy atom. The second kappa shape index (κ2) is 5.32. The molecule has 0 aromatic heterocycles. The molecule has 0 fully saturated rings. The Morgan fingerprint density at radius 2 is 1.78 bits per heavy atom. The van der Waals surface area contributed by atoms with E-state index in [1.54, 1.807) is 0 Å². The molecule has 0 bridgehead atoms. The summed E-state index contributed by atoms with van der Waals surface area (Å²) < 4.78 is 0. The molecular weight excluding hydrogens is 244 g/mol. The molecule has 2 aromatic carbocycles. The van der Waals surface area contributed by atoms with Crippen molar-refractivity contribution in [2.45, 2.75) is 13.0 Å². The van der Waals surface area contributed by atoms with Crippen LogP contribution in [0.25, 0.3) is 0 Å². The van der Waals surface area contributed by atoms with Gasteiger partial charge in [-0.05, 0) is 48.9 Å². The van der Waals surface area contributed by atoms with Gasteiger partial charge in [-0.3, -0.25) is 0 Å². The van der Waals surface area contributed by atoms with Gasteiger partial charge in [-0.25, -0.2) is 0 Å². The lowest BCUT2D eigenvalue weighted by atomic mass is 10.1. The van der Waals surface area contributed by atoms with Gasteiger partial charge < -0.3 is 10.6 Å². The van der Waals surface area contributed by atoms with Gasteiger partial charge >= 0.3 is 0 Å². The zero-order valence-corrected chi connectivity index (χ0v) is 11.4. The van der Waals surface area contributed by atoms with Crippen molar-refractivity contribution in [3.8, 4) is 0 Å². The summed E-state index contributed by atoms with van der Waals surface area (Å²) in [6.07, 6.45) is 0. The van der Waals surface area contributed by atoms with E-state index in [1.807, 2.05) is 42.5 Å². The van der Waals surface area contributed by atoms with Gasteiger partial charge in [-0.15, -0.1) is 0 Å². The fraction of sp³-hybridized carbons (Fsp3) is 0.200. The molecule has 0 radical (unpaired) electrons. The summed E-state index contributed by atoms with van der Waals surface area (Å²) in [5.74, 6) is 0. The minimum atomic E-state index is 0.257. The Hall–Kier alpha value is -1.67. The van der Waals surface area contributed by atoms with Crippen LogP contribution >= 0.6 is 11.6 Å². The van der Waals surface area contributed by atoms with Gasteiger partial charge in [-0.1, -0.05) is 23.7 Å². The molecule has 0 amide bonds. The van der Waals surface area contributed by atoms with Crippen molar-refractivity contribution >= 4 is 23.0 Å². The van der Waals surface area contributed by atoms with Gasteiger partial charge in [0.15, 0.2) is 0 Å². The molecule has 2 rings (SSSR count). The number of nitrogens with two attached hydrogens (primary N) is 1. The summed E-state index contributed by atoms with van der Waals surface area (Å²) in [7, 11) is 2.07. The van der Waals surface area contributed by atoms with Crippen LogP contribution in [0.5, 0.6) is 0 Å². The fourth-order valence-corrected chi connectivity index (χ4v) is 2.12. The third kappa shape index (κ3) is 2.77. The molecule has 18 heavy (non-hydrogen) atoms. The molecule has 0 heterocycles. The van der Waals surface area contributed by atoms with E-state index in [2.05, 4.69) is 24.9 Å². The number of nitrogens with zero attached hydrogens (tertiary/aromatic N) is 1. The first kappa shape index (κ1) is 12.8. The topological polar surface area (TPSA) is 29.3 Å². The molecule has 0 saturated carbocycles. The van der Waals surface area contributed by atoms with Crippen LogP contribution in [0.15, 0.2) is 48.5 Å². The van der Waals surface area contributed by atoms with Crippen molar-refractivity contribution in [3.63, 3.8) is 0 Å². The molecule has 1 unspecified atom stereocenters. The highest BCUT2D eigenvalue weighted by Crippen LogP contribution is 2.27. The van der Waals surface area contributed by atoms with Crippen molar-refractivity contribution < 1.29 is 0 Å². The highest BCUT2D eigenvalue weighted by atomic mass is 35.5. The number of hydrogen-bond donors (Lipinski definition) is 1. The van der Waals surface area contributed by atoms with E-state index in [0.717, 1.165) is 16.4 Å². The van der Waals surface area contributed by atoms with Gasteiger partial charge in [0.05, 0.1) is 6.04 Å². The quantitative estimate of drug-likeness (QED) is 0.841. The zero-order chi connectivity index (χ0) is 13.1. The highest BCUT2D eigenvalue weighted by Gasteiger charge is 2.12. The predicted octanol–water partition coefficient (Wildman–Crippen LogP) is 4.12. The van der Waals surface area contributed by atoms with Crippen LogP contribution in [0.2, 0.25) is 5.02 Å². The maximum absolute atomic E-state index is 6.03. The molecule has 2 aromatic rings. The van der Waals surface area contributed by atoms with E-state index in [4.69, 9.17) is 17.3 Å². The number of anilines is 2. The third-order valence-corrected chi connectivity index (χ3v) is 3.45. The second-order valence-electron chi connectivity index (χ2n) is 4.43. The van der Waals surface area contributed by atoms with E-state index in [9.17, 15) is 0 Å². The van der Waals surface area contributed by atoms with Crippen LogP contribution < -0.4 is 10.6 Å². The first-order chi connectivity index (χ1) is 8.58. The largest absolute Gasteiger partial charge is 0.399 e. The summed E-state index contributed by atoms with van der Waals surface area (Å²) in [6, 6.07) is 16.1. The first-order valence-electron chi connectivity index (χ1n) is 5.92. The van der Waals surface area contributed by atoms with Crippen LogP contribution in [0.1, 0.15) is 18.5 Å². The Labute approximate surface area is 113 Å². The highest BCUT2D eigenvalue weighted by molar-refractivity contribution is 6.30. The molecular formula is C15H17ClN2. The SMILES string of the molecule is CC(c1cccc(Cl)c1)N(C)c1ccc(N)cc1. The van der Waals surface area contributed by atoms with Gasteiger partial charge in [0.1, 0.15) is 0 Å². The molecule has 0 saturated heterocycles. The molecule has 2 N–H and O–H groups in total. The maximum Gasteiger partial charge on any atom is 0.0511 e. The summed E-state index contributed by atoms with van der Waals surface area (Å²) >= 11 is 6.03. The summed E-state index contributed by atoms with van der Waals surface area (Å²) in [5, 5.41) is 0.769. The Balaban J connectivity index is 2.23. The summed E-state index contributed by atoms with van der Waals surface area (Å²) in [5.41, 5.74) is 8.81. The van der Waals surface area contributed by atoms with Crippen LogP contribution in [0.4, 0.5) is 11.4 Å². The number of rotatable bonds is 3. The zero-order valence-electron chi connectivity index (χ0n) is 10.6. The lowest BCUT2D eigenvalue weighted by Gasteiger charge is -2.27. The molecule has 0 aliphatic heterocycles. The van der Waals surface area contributed by atoms with Crippen LogP contribution in [0.3, 0.4) is 0 Å². The van der Waals surface area contributed by atoms with Crippen molar-refractivity contribution in [3.05, 3.63) is 59.1 Å². The van der Waals surface area contributed by atoms with Crippen molar-refractivity contribution in [2.24, 2.45) is 0 Å². The smallest absolute Gasteiger partial charge is 0.0511 e. The van der Waals surface area contributed by atoms with Gasteiger partial charge in [0.2, 0.25) is 0 Å². The van der Waals surface area contributed by atoms with Gasteiger partial charge in [0, 0.05) is 23.4 Å². The molecule has 3 heteroatoms. The van der Waals surface area contributed by atoms with Gasteiger partial charge in [0.25, 0.3) is 0 Å². The molecule has 0 aliphatic rings. The molecule has 2 nitrogen and oxygen atoms in total. The summed E-state index contributed by atoms with van der Waals surface area (Å²) in [4.78, 5) is 2.20. The monoisotopic (exact) mass is 260 g/mol. The van der Waals surface area contributed by atoms with Crippen molar-refractivity contribution in [1.29, 1.82) is 0 Å². The minimum absolute atomic E-state index is 0.257. The van der Waals surface area contributed by atoms with Gasteiger partial charge in [-0.2, -0.15) is 0 Å². The maximum atomic E-state index is 6.03. The Bertz CT molecular complexity index is 522. The van der Waals surface area contributed by atoms with Crippen molar-refractivity contribution in [2.75, 3.05) is 17.7 Å². The van der Waals surface area contributed by atoms with Crippen molar-refractivity contribution in [1.82, 2.24) is 0 Å². The van der Waals surface area contributed by atoms with E-state index in [-0.39, 0.29) is 6.04 Å². The van der Waals surface area contributed by atoms with E-state index >= 15 is 0 Å². The number of hydrogen-bond acceptors (Lipinski definition) is 2. The first-order valence-corrected chi connectivity index (χ1v) is 6.29. The molecule has 0 spiro atoms. The molecule has 94 valence electrons. The lowest BCUT2D eigenvalue weighted by Crippen LogP contribution is -2.21. The number of halogens is 1. The Morgan fingerprint density at radius 1 is 1.11 bits per heavy atom. The average Bonchev–Trinajstić information content (AvgIpc) is 2.38. The van der Waals surface area contributed by atoms with Crippen LogP contribution in [0, 0.1) is 0 Å². The number of nitrogen functional groups attached to an aromatic ring is 1. The molecule has 1 atom stereocenters. The van der Waals surface area contributed by atoms with E-state index in [0.29, 0.717) is 0 Å². The second-order valence-corrected chi connectivity index (χ2v) is 4.87. The van der Waals surface area contributed by atoms with E-state index < -0.39 is 0 Å².